The molecule has 0 fully saturated rings. The van der Waals surface area contributed by atoms with Crippen molar-refractivity contribution in [3.05, 3.63) is 17.0 Å². The summed E-state index contributed by atoms with van der Waals surface area (Å²) in [4.78, 5) is 0. The summed E-state index contributed by atoms with van der Waals surface area (Å²) >= 11 is 0. The van der Waals surface area contributed by atoms with Crippen molar-refractivity contribution in [2.45, 2.75) is 39.7 Å². The molecule has 2 atom stereocenters. The molecular weight excluding hydrogens is 192 g/mol. The van der Waals surface area contributed by atoms with Crippen LogP contribution < -0.4 is 0 Å². The highest BCUT2D eigenvalue weighted by Crippen LogP contribution is 2.28. The largest absolute Gasteiger partial charge is 0.391 e. The van der Waals surface area contributed by atoms with Gasteiger partial charge in [-0.15, -0.1) is 0 Å². The molecule has 1 rings (SSSR count). The number of nitriles is 1. The van der Waals surface area contributed by atoms with Gasteiger partial charge in [0.15, 0.2) is 0 Å². The number of hydrogen-bond donors (Lipinski definition) is 1. The Hall–Kier alpha value is -1.34. The molecule has 1 aromatic heterocycles. The van der Waals surface area contributed by atoms with Crippen molar-refractivity contribution in [1.82, 2.24) is 5.16 Å². The van der Waals surface area contributed by atoms with Crippen molar-refractivity contribution in [3.8, 4) is 6.07 Å². The lowest BCUT2D eigenvalue weighted by Crippen LogP contribution is -2.23. The van der Waals surface area contributed by atoms with E-state index in [9.17, 15) is 5.11 Å². The zero-order chi connectivity index (χ0) is 11.6. The molecule has 4 heteroatoms. The Kier molecular flexibility index (Phi) is 3.48. The van der Waals surface area contributed by atoms with Crippen molar-refractivity contribution >= 4 is 0 Å². The third-order valence-corrected chi connectivity index (χ3v) is 2.56. The number of aliphatic hydroxyl groups excluding tert-OH is 1. The lowest BCUT2D eigenvalue weighted by atomic mass is 9.87. The fourth-order valence-corrected chi connectivity index (χ4v) is 1.63. The van der Waals surface area contributed by atoms with E-state index in [0.717, 1.165) is 5.56 Å². The van der Waals surface area contributed by atoms with Gasteiger partial charge >= 0.3 is 0 Å². The van der Waals surface area contributed by atoms with Crippen molar-refractivity contribution in [3.63, 3.8) is 0 Å². The van der Waals surface area contributed by atoms with Crippen molar-refractivity contribution in [2.24, 2.45) is 5.92 Å². The molecule has 82 valence electrons. The summed E-state index contributed by atoms with van der Waals surface area (Å²) in [5.74, 6) is 0.0818. The van der Waals surface area contributed by atoms with Gasteiger partial charge in [0.05, 0.1) is 17.9 Å². The number of nitrogens with zero attached hydrogens (tertiary/aromatic N) is 2. The van der Waals surface area contributed by atoms with Gasteiger partial charge in [0.25, 0.3) is 0 Å². The van der Waals surface area contributed by atoms with Crippen molar-refractivity contribution in [1.29, 1.82) is 5.26 Å². The molecule has 0 aromatic carbocycles. The molecule has 1 N–H and O–H groups in total. The zero-order valence-corrected chi connectivity index (χ0v) is 9.48. The van der Waals surface area contributed by atoms with Crippen LogP contribution in [0, 0.1) is 31.1 Å². The first kappa shape index (κ1) is 11.7. The number of hydrogen-bond acceptors (Lipinski definition) is 4. The van der Waals surface area contributed by atoms with Crippen LogP contribution in [0.1, 0.15) is 36.8 Å². The van der Waals surface area contributed by atoms with E-state index in [1.54, 1.807) is 13.8 Å². The monoisotopic (exact) mass is 208 g/mol. The summed E-state index contributed by atoms with van der Waals surface area (Å²) in [6.07, 6.45) is -0.688. The van der Waals surface area contributed by atoms with Gasteiger partial charge in [-0.2, -0.15) is 5.26 Å². The van der Waals surface area contributed by atoms with E-state index < -0.39 is 12.0 Å². The zero-order valence-electron chi connectivity index (χ0n) is 9.48. The number of aromatic nitrogens is 1. The first-order valence-electron chi connectivity index (χ1n) is 4.99. The molecule has 0 spiro atoms. The number of rotatable bonds is 3. The SMILES string of the molecule is Cc1noc(C)c1C(C#N)C(O)C(C)C. The summed E-state index contributed by atoms with van der Waals surface area (Å²) in [6.45, 7) is 7.30. The third-order valence-electron chi connectivity index (χ3n) is 2.56. The van der Waals surface area contributed by atoms with Crippen LogP contribution in [0.15, 0.2) is 4.52 Å². The number of aryl methyl sites for hydroxylation is 2. The van der Waals surface area contributed by atoms with Crippen molar-refractivity contribution < 1.29 is 9.63 Å². The Morgan fingerprint density at radius 2 is 2.00 bits per heavy atom. The summed E-state index contributed by atoms with van der Waals surface area (Å²) < 4.78 is 5.00. The summed E-state index contributed by atoms with van der Waals surface area (Å²) in [5, 5.41) is 22.8. The molecule has 4 nitrogen and oxygen atoms in total. The maximum absolute atomic E-state index is 9.91. The lowest BCUT2D eigenvalue weighted by Gasteiger charge is -2.19. The van der Waals surface area contributed by atoms with Gasteiger partial charge in [-0.25, -0.2) is 0 Å². The van der Waals surface area contributed by atoms with Crippen LogP contribution in [-0.2, 0) is 0 Å². The molecule has 0 radical (unpaired) electrons. The smallest absolute Gasteiger partial charge is 0.138 e. The van der Waals surface area contributed by atoms with Gasteiger partial charge in [0.2, 0.25) is 0 Å². The first-order valence-corrected chi connectivity index (χ1v) is 4.99. The predicted octanol–water partition coefficient (Wildman–Crippen LogP) is 1.92. The maximum Gasteiger partial charge on any atom is 0.138 e. The normalized spacial score (nSPS) is 15.0. The van der Waals surface area contributed by atoms with Gasteiger partial charge in [0, 0.05) is 5.56 Å². The molecule has 0 aliphatic carbocycles. The highest BCUT2D eigenvalue weighted by Gasteiger charge is 2.28. The van der Waals surface area contributed by atoms with Crippen LogP contribution in [0.3, 0.4) is 0 Å². The maximum atomic E-state index is 9.91. The van der Waals surface area contributed by atoms with Crippen LogP contribution in [-0.4, -0.2) is 16.4 Å². The average Bonchev–Trinajstić information content (AvgIpc) is 2.50. The molecule has 1 heterocycles. The van der Waals surface area contributed by atoms with Crippen LogP contribution in [0.5, 0.6) is 0 Å². The molecule has 0 saturated carbocycles. The molecular formula is C11H16N2O2. The van der Waals surface area contributed by atoms with Crippen LogP contribution in [0.2, 0.25) is 0 Å². The second-order valence-corrected chi connectivity index (χ2v) is 4.08. The van der Waals surface area contributed by atoms with Crippen molar-refractivity contribution in [2.75, 3.05) is 0 Å². The predicted molar refractivity (Wildman–Crippen MR) is 55.2 cm³/mol. The van der Waals surface area contributed by atoms with Gasteiger partial charge < -0.3 is 9.63 Å². The molecule has 0 aliphatic rings. The van der Waals surface area contributed by atoms with Crippen LogP contribution in [0.25, 0.3) is 0 Å². The average molecular weight is 208 g/mol. The fourth-order valence-electron chi connectivity index (χ4n) is 1.63. The topological polar surface area (TPSA) is 70.0 Å². The second kappa shape index (κ2) is 4.45. The first-order chi connectivity index (χ1) is 6.99. The minimum atomic E-state index is -0.688. The lowest BCUT2D eigenvalue weighted by molar-refractivity contribution is 0.112. The molecule has 15 heavy (non-hydrogen) atoms. The van der Waals surface area contributed by atoms with Gasteiger partial charge in [-0.1, -0.05) is 19.0 Å². The van der Waals surface area contributed by atoms with E-state index in [2.05, 4.69) is 11.2 Å². The quantitative estimate of drug-likeness (QED) is 0.823. The molecule has 0 saturated heterocycles. The third kappa shape index (κ3) is 2.18. The Labute approximate surface area is 89.5 Å². The Morgan fingerprint density at radius 1 is 1.40 bits per heavy atom. The summed E-state index contributed by atoms with van der Waals surface area (Å²) in [6, 6.07) is 2.12. The second-order valence-electron chi connectivity index (χ2n) is 4.08. The molecule has 1 aromatic rings. The Bertz CT molecular complexity index is 357. The van der Waals surface area contributed by atoms with E-state index in [-0.39, 0.29) is 5.92 Å². The molecule has 0 bridgehead atoms. The van der Waals surface area contributed by atoms with E-state index in [1.165, 1.54) is 0 Å². The molecule has 0 aliphatic heterocycles. The Balaban J connectivity index is 3.09. The van der Waals surface area contributed by atoms with E-state index >= 15 is 0 Å². The standard InChI is InChI=1S/C11H16N2O2/c1-6(2)11(14)9(5-12)10-7(3)13-15-8(10)4/h6,9,11,14H,1-4H3. The summed E-state index contributed by atoms with van der Waals surface area (Å²) in [7, 11) is 0. The fraction of sp³-hybridized carbons (Fsp3) is 0.636. The Morgan fingerprint density at radius 3 is 2.33 bits per heavy atom. The highest BCUT2D eigenvalue weighted by molar-refractivity contribution is 5.31. The van der Waals surface area contributed by atoms with Gasteiger partial charge in [-0.3, -0.25) is 0 Å². The minimum absolute atomic E-state index is 0.0309. The van der Waals surface area contributed by atoms with Gasteiger partial charge in [0.1, 0.15) is 11.7 Å². The van der Waals surface area contributed by atoms with E-state index in [1.807, 2.05) is 13.8 Å². The number of aliphatic hydroxyl groups is 1. The minimum Gasteiger partial charge on any atom is -0.391 e. The highest BCUT2D eigenvalue weighted by atomic mass is 16.5. The van der Waals surface area contributed by atoms with Crippen LogP contribution in [0.4, 0.5) is 0 Å². The van der Waals surface area contributed by atoms with E-state index in [0.29, 0.717) is 11.5 Å². The molecule has 2 unspecified atom stereocenters. The van der Waals surface area contributed by atoms with Crippen LogP contribution >= 0.6 is 0 Å². The van der Waals surface area contributed by atoms with Gasteiger partial charge in [-0.05, 0) is 19.8 Å². The summed E-state index contributed by atoms with van der Waals surface area (Å²) in [5.41, 5.74) is 1.40. The molecule has 0 amide bonds. The van der Waals surface area contributed by atoms with E-state index in [4.69, 9.17) is 9.78 Å².